The number of aromatic nitrogens is 2. The van der Waals surface area contributed by atoms with Gasteiger partial charge in [-0.25, -0.2) is 4.79 Å². The maximum atomic E-state index is 11.8. The molecule has 1 N–H and O–H groups in total. The highest BCUT2D eigenvalue weighted by atomic mass is 35.5. The second-order valence-corrected chi connectivity index (χ2v) is 4.43. The van der Waals surface area contributed by atoms with Crippen LogP contribution < -0.4 is 11.0 Å². The highest BCUT2D eigenvalue weighted by Gasteiger charge is 2.00. The van der Waals surface area contributed by atoms with Crippen molar-refractivity contribution < 1.29 is 0 Å². The minimum absolute atomic E-state index is 0.0374. The third-order valence-corrected chi connectivity index (χ3v) is 3.04. The Labute approximate surface area is 111 Å². The number of imidazole rings is 1. The lowest BCUT2D eigenvalue weighted by Crippen LogP contribution is -2.25. The van der Waals surface area contributed by atoms with Crippen LogP contribution in [0.25, 0.3) is 0 Å². The summed E-state index contributed by atoms with van der Waals surface area (Å²) in [5, 5.41) is 3.97. The quantitative estimate of drug-likeness (QED) is 0.902. The number of nitrogens with zero attached hydrogens (tertiary/aromatic N) is 2. The molecule has 0 saturated heterocycles. The van der Waals surface area contributed by atoms with E-state index in [2.05, 4.69) is 5.32 Å². The van der Waals surface area contributed by atoms with E-state index in [0.717, 1.165) is 10.7 Å². The van der Waals surface area contributed by atoms with E-state index in [0.29, 0.717) is 19.6 Å². The third-order valence-electron chi connectivity index (χ3n) is 2.78. The van der Waals surface area contributed by atoms with E-state index in [4.69, 9.17) is 11.6 Å². The molecule has 0 unspecified atom stereocenters. The molecule has 1 heterocycles. The first kappa shape index (κ1) is 12.8. The number of rotatable bonds is 5. The predicted octanol–water partition coefficient (Wildman–Crippen LogP) is 2.44. The first-order valence-corrected chi connectivity index (χ1v) is 6.33. The lowest BCUT2D eigenvalue weighted by atomic mass is 10.3. The molecule has 2 rings (SSSR count). The van der Waals surface area contributed by atoms with Crippen LogP contribution in [0.3, 0.4) is 0 Å². The number of halogens is 1. The van der Waals surface area contributed by atoms with Gasteiger partial charge in [0.1, 0.15) is 0 Å². The molecule has 0 amide bonds. The van der Waals surface area contributed by atoms with Gasteiger partial charge < -0.3 is 5.32 Å². The largest absolute Gasteiger partial charge is 0.383 e. The van der Waals surface area contributed by atoms with Crippen molar-refractivity contribution in [3.63, 3.8) is 0 Å². The summed E-state index contributed by atoms with van der Waals surface area (Å²) in [5.74, 6) is 0. The van der Waals surface area contributed by atoms with Crippen molar-refractivity contribution in [1.29, 1.82) is 0 Å². The van der Waals surface area contributed by atoms with Crippen LogP contribution in [0.1, 0.15) is 6.92 Å². The van der Waals surface area contributed by atoms with Gasteiger partial charge in [0, 0.05) is 42.7 Å². The van der Waals surface area contributed by atoms with Crippen molar-refractivity contribution in [3.05, 3.63) is 52.2 Å². The summed E-state index contributed by atoms with van der Waals surface area (Å²) in [6.45, 7) is 4.01. The summed E-state index contributed by atoms with van der Waals surface area (Å²) in [4.78, 5) is 11.8. The lowest BCUT2D eigenvalue weighted by molar-refractivity contribution is 0.642. The highest BCUT2D eigenvalue weighted by molar-refractivity contribution is 6.30. The van der Waals surface area contributed by atoms with Gasteiger partial charge in [0.05, 0.1) is 0 Å². The predicted molar refractivity (Wildman–Crippen MR) is 74.3 cm³/mol. The molecular formula is C13H16ClN3O. The Morgan fingerprint density at radius 2 is 1.83 bits per heavy atom. The highest BCUT2D eigenvalue weighted by Crippen LogP contribution is 2.12. The Kier molecular flexibility index (Phi) is 4.10. The van der Waals surface area contributed by atoms with Crippen LogP contribution in [0, 0.1) is 0 Å². The molecule has 0 spiro atoms. The van der Waals surface area contributed by atoms with E-state index in [9.17, 15) is 4.79 Å². The van der Waals surface area contributed by atoms with Gasteiger partial charge in [0.2, 0.25) is 0 Å². The third kappa shape index (κ3) is 2.96. The molecule has 0 bridgehead atoms. The van der Waals surface area contributed by atoms with Crippen molar-refractivity contribution in [2.45, 2.75) is 20.0 Å². The van der Waals surface area contributed by atoms with Gasteiger partial charge in [-0.1, -0.05) is 11.6 Å². The molecule has 4 nitrogen and oxygen atoms in total. The van der Waals surface area contributed by atoms with Crippen LogP contribution in [0.4, 0.5) is 5.69 Å². The fourth-order valence-electron chi connectivity index (χ4n) is 1.75. The van der Waals surface area contributed by atoms with Crippen molar-refractivity contribution in [3.8, 4) is 0 Å². The monoisotopic (exact) mass is 265 g/mol. The maximum Gasteiger partial charge on any atom is 0.328 e. The van der Waals surface area contributed by atoms with Crippen LogP contribution in [0.15, 0.2) is 41.5 Å². The van der Waals surface area contributed by atoms with Gasteiger partial charge in [-0.2, -0.15) is 0 Å². The minimum Gasteiger partial charge on any atom is -0.383 e. The molecule has 96 valence electrons. The second kappa shape index (κ2) is 5.78. The maximum absolute atomic E-state index is 11.8. The fourth-order valence-corrected chi connectivity index (χ4v) is 1.88. The van der Waals surface area contributed by atoms with E-state index < -0.39 is 0 Å². The van der Waals surface area contributed by atoms with E-state index in [1.807, 2.05) is 43.6 Å². The number of anilines is 1. The standard InChI is InChI=1S/C13H16ClN3O/c1-2-16-9-10-17(13(16)18)8-7-15-12-5-3-11(14)4-6-12/h3-6,9-10,15H,2,7-8H2,1H3. The van der Waals surface area contributed by atoms with E-state index in [1.54, 1.807) is 9.13 Å². The second-order valence-electron chi connectivity index (χ2n) is 3.99. The summed E-state index contributed by atoms with van der Waals surface area (Å²) in [6, 6.07) is 7.51. The minimum atomic E-state index is 0.0374. The number of benzene rings is 1. The Hall–Kier alpha value is -1.68. The van der Waals surface area contributed by atoms with Gasteiger partial charge in [0.15, 0.2) is 0 Å². The van der Waals surface area contributed by atoms with Crippen molar-refractivity contribution in [1.82, 2.24) is 9.13 Å². The normalized spacial score (nSPS) is 10.6. The van der Waals surface area contributed by atoms with Crippen LogP contribution >= 0.6 is 11.6 Å². The fraction of sp³-hybridized carbons (Fsp3) is 0.308. The SMILES string of the molecule is CCn1ccn(CCNc2ccc(Cl)cc2)c1=O. The molecular weight excluding hydrogens is 250 g/mol. The van der Waals surface area contributed by atoms with Gasteiger partial charge in [-0.05, 0) is 31.2 Å². The average Bonchev–Trinajstić information content (AvgIpc) is 2.73. The number of hydrogen-bond donors (Lipinski definition) is 1. The average molecular weight is 266 g/mol. The summed E-state index contributed by atoms with van der Waals surface area (Å²) < 4.78 is 3.38. The molecule has 0 radical (unpaired) electrons. The van der Waals surface area contributed by atoms with Gasteiger partial charge in [0.25, 0.3) is 0 Å². The van der Waals surface area contributed by atoms with Crippen LogP contribution in [-0.2, 0) is 13.1 Å². The first-order valence-electron chi connectivity index (χ1n) is 5.95. The van der Waals surface area contributed by atoms with Gasteiger partial charge in [-0.15, -0.1) is 0 Å². The molecule has 1 aromatic heterocycles. The Morgan fingerprint density at radius 1 is 1.17 bits per heavy atom. The molecule has 2 aromatic rings. The zero-order chi connectivity index (χ0) is 13.0. The van der Waals surface area contributed by atoms with E-state index >= 15 is 0 Å². The molecule has 0 aliphatic carbocycles. The summed E-state index contributed by atoms with van der Waals surface area (Å²) in [5.41, 5.74) is 1.04. The summed E-state index contributed by atoms with van der Waals surface area (Å²) in [6.07, 6.45) is 3.62. The van der Waals surface area contributed by atoms with E-state index in [-0.39, 0.29) is 5.69 Å². The number of nitrogens with one attached hydrogen (secondary N) is 1. The Balaban J connectivity index is 1.90. The molecule has 0 saturated carbocycles. The van der Waals surface area contributed by atoms with Crippen molar-refractivity contribution >= 4 is 17.3 Å². The van der Waals surface area contributed by atoms with Crippen LogP contribution in [-0.4, -0.2) is 15.7 Å². The zero-order valence-corrected chi connectivity index (χ0v) is 11.0. The molecule has 18 heavy (non-hydrogen) atoms. The van der Waals surface area contributed by atoms with Gasteiger partial charge in [-0.3, -0.25) is 9.13 Å². The molecule has 0 fully saturated rings. The topological polar surface area (TPSA) is 39.0 Å². The van der Waals surface area contributed by atoms with Crippen molar-refractivity contribution in [2.24, 2.45) is 0 Å². The number of aryl methyl sites for hydroxylation is 1. The molecule has 0 aliphatic rings. The molecule has 0 atom stereocenters. The number of hydrogen-bond acceptors (Lipinski definition) is 2. The smallest absolute Gasteiger partial charge is 0.328 e. The zero-order valence-electron chi connectivity index (χ0n) is 10.3. The summed E-state index contributed by atoms with van der Waals surface area (Å²) in [7, 11) is 0. The van der Waals surface area contributed by atoms with Crippen LogP contribution in [0.5, 0.6) is 0 Å². The molecule has 0 aliphatic heterocycles. The summed E-state index contributed by atoms with van der Waals surface area (Å²) >= 11 is 5.81. The lowest BCUT2D eigenvalue weighted by Gasteiger charge is -2.06. The van der Waals surface area contributed by atoms with E-state index in [1.165, 1.54) is 0 Å². The first-order chi connectivity index (χ1) is 8.70. The Bertz CT molecular complexity index is 556. The van der Waals surface area contributed by atoms with Crippen molar-refractivity contribution in [2.75, 3.05) is 11.9 Å². The van der Waals surface area contributed by atoms with Crippen LogP contribution in [0.2, 0.25) is 5.02 Å². The molecule has 1 aromatic carbocycles. The Morgan fingerprint density at radius 3 is 2.44 bits per heavy atom. The molecule has 5 heteroatoms. The van der Waals surface area contributed by atoms with Gasteiger partial charge >= 0.3 is 5.69 Å².